The first-order chi connectivity index (χ1) is 16.0. The van der Waals surface area contributed by atoms with E-state index in [2.05, 4.69) is 46.8 Å². The molecule has 0 bridgehead atoms. The molecule has 1 amide bonds. The van der Waals surface area contributed by atoms with E-state index in [9.17, 15) is 4.79 Å². The Hall–Kier alpha value is -3.29. The Bertz CT molecular complexity index is 1220. The zero-order chi connectivity index (χ0) is 23.2. The third-order valence-electron chi connectivity index (χ3n) is 5.08. The molecule has 4 aromatic rings. The molecule has 8 heteroatoms. The van der Waals surface area contributed by atoms with Crippen molar-refractivity contribution in [2.75, 3.05) is 16.4 Å². The molecule has 1 heterocycles. The number of aromatic nitrogens is 3. The van der Waals surface area contributed by atoms with Crippen LogP contribution in [0.5, 0.6) is 0 Å². The van der Waals surface area contributed by atoms with E-state index in [0.29, 0.717) is 22.4 Å². The van der Waals surface area contributed by atoms with Crippen molar-refractivity contribution < 1.29 is 4.79 Å². The molecule has 0 fully saturated rings. The van der Waals surface area contributed by atoms with Gasteiger partial charge in [-0.15, -0.1) is 10.2 Å². The molecule has 0 saturated carbocycles. The fourth-order valence-electron chi connectivity index (χ4n) is 3.47. The maximum Gasteiger partial charge on any atom is 0.234 e. The highest BCUT2D eigenvalue weighted by atomic mass is 35.5. The Balaban J connectivity index is 1.51. The first-order valence-electron chi connectivity index (χ1n) is 10.5. The number of rotatable bonds is 8. The third kappa shape index (κ3) is 5.74. The van der Waals surface area contributed by atoms with Crippen LogP contribution in [0.15, 0.2) is 78.0 Å². The lowest BCUT2D eigenvalue weighted by atomic mass is 10.1. The van der Waals surface area contributed by atoms with Gasteiger partial charge in [-0.05, 0) is 61.4 Å². The number of benzene rings is 3. The molecule has 0 aliphatic carbocycles. The van der Waals surface area contributed by atoms with Crippen molar-refractivity contribution in [1.29, 1.82) is 0 Å². The van der Waals surface area contributed by atoms with Crippen LogP contribution in [0.4, 0.5) is 11.4 Å². The zero-order valence-electron chi connectivity index (χ0n) is 18.4. The number of anilines is 2. The van der Waals surface area contributed by atoms with Gasteiger partial charge in [0, 0.05) is 22.1 Å². The number of aryl methyl sites for hydroxylation is 2. The second-order valence-electron chi connectivity index (χ2n) is 7.53. The van der Waals surface area contributed by atoms with Gasteiger partial charge in [-0.3, -0.25) is 9.36 Å². The van der Waals surface area contributed by atoms with Gasteiger partial charge in [-0.1, -0.05) is 59.8 Å². The number of nitrogens with zero attached hydrogens (tertiary/aromatic N) is 3. The summed E-state index contributed by atoms with van der Waals surface area (Å²) < 4.78 is 1.99. The minimum absolute atomic E-state index is 0.125. The van der Waals surface area contributed by atoms with E-state index >= 15 is 0 Å². The summed E-state index contributed by atoms with van der Waals surface area (Å²) in [4.78, 5) is 12.5. The summed E-state index contributed by atoms with van der Waals surface area (Å²) in [5, 5.41) is 16.5. The summed E-state index contributed by atoms with van der Waals surface area (Å²) in [6.45, 7) is 4.67. The maximum atomic E-state index is 12.5. The Morgan fingerprint density at radius 1 is 0.939 bits per heavy atom. The van der Waals surface area contributed by atoms with Gasteiger partial charge in [0.05, 0.1) is 12.3 Å². The molecule has 0 unspecified atom stereocenters. The predicted octanol–water partition coefficient (Wildman–Crippen LogP) is 5.88. The Labute approximate surface area is 202 Å². The van der Waals surface area contributed by atoms with Crippen LogP contribution in [0.1, 0.15) is 17.0 Å². The molecule has 4 rings (SSSR count). The van der Waals surface area contributed by atoms with E-state index in [4.69, 9.17) is 11.6 Å². The van der Waals surface area contributed by atoms with E-state index in [1.165, 1.54) is 22.9 Å². The second kappa shape index (κ2) is 10.6. The van der Waals surface area contributed by atoms with E-state index in [1.807, 2.05) is 41.0 Å². The van der Waals surface area contributed by atoms with Crippen LogP contribution in [-0.4, -0.2) is 26.4 Å². The average molecular weight is 478 g/mol. The molecule has 0 spiro atoms. The number of hydrogen-bond donors (Lipinski definition) is 2. The molecule has 0 aliphatic rings. The summed E-state index contributed by atoms with van der Waals surface area (Å²) in [6.07, 6.45) is 0. The summed E-state index contributed by atoms with van der Waals surface area (Å²) in [5.74, 6) is 0.849. The normalized spacial score (nSPS) is 10.8. The highest BCUT2D eigenvalue weighted by Crippen LogP contribution is 2.25. The molecule has 0 radical (unpaired) electrons. The SMILES string of the molecule is Cc1cccc(C)c1NCc1nnc(SCC(=O)Nc2ccc(Cl)cc2)n1-c1ccccc1. The van der Waals surface area contributed by atoms with E-state index in [-0.39, 0.29) is 11.7 Å². The molecular weight excluding hydrogens is 454 g/mol. The molecule has 33 heavy (non-hydrogen) atoms. The lowest BCUT2D eigenvalue weighted by Gasteiger charge is -2.14. The molecule has 168 valence electrons. The molecule has 0 saturated heterocycles. The fourth-order valence-corrected chi connectivity index (χ4v) is 4.36. The van der Waals surface area contributed by atoms with Gasteiger partial charge in [0.1, 0.15) is 0 Å². The Kier molecular flexibility index (Phi) is 7.32. The van der Waals surface area contributed by atoms with E-state index < -0.39 is 0 Å². The summed E-state index contributed by atoms with van der Waals surface area (Å²) in [7, 11) is 0. The van der Waals surface area contributed by atoms with Crippen molar-refractivity contribution in [1.82, 2.24) is 14.8 Å². The van der Waals surface area contributed by atoms with Crippen molar-refractivity contribution >= 4 is 40.6 Å². The molecule has 6 nitrogen and oxygen atoms in total. The van der Waals surface area contributed by atoms with Gasteiger partial charge in [-0.25, -0.2) is 0 Å². The van der Waals surface area contributed by atoms with Gasteiger partial charge in [0.15, 0.2) is 11.0 Å². The highest BCUT2D eigenvalue weighted by molar-refractivity contribution is 7.99. The summed E-state index contributed by atoms with van der Waals surface area (Å²) >= 11 is 7.25. The fraction of sp³-hybridized carbons (Fsp3) is 0.160. The standard InChI is InChI=1S/C25H24ClN5OS/c1-17-7-6-8-18(2)24(17)27-15-22-29-30-25(31(22)21-9-4-3-5-10-21)33-16-23(32)28-20-13-11-19(26)12-14-20/h3-14,27H,15-16H2,1-2H3,(H,28,32). The molecule has 2 N–H and O–H groups in total. The number of para-hydroxylation sites is 2. The molecule has 0 atom stereocenters. The van der Waals surface area contributed by atoms with Crippen LogP contribution >= 0.6 is 23.4 Å². The minimum atomic E-state index is -0.125. The van der Waals surface area contributed by atoms with Crippen molar-refractivity contribution in [2.45, 2.75) is 25.5 Å². The van der Waals surface area contributed by atoms with Crippen LogP contribution < -0.4 is 10.6 Å². The number of halogens is 1. The molecule has 1 aromatic heterocycles. The van der Waals surface area contributed by atoms with Gasteiger partial charge in [-0.2, -0.15) is 0 Å². The topological polar surface area (TPSA) is 71.8 Å². The second-order valence-corrected chi connectivity index (χ2v) is 8.91. The van der Waals surface area contributed by atoms with Crippen molar-refractivity contribution in [3.63, 3.8) is 0 Å². The van der Waals surface area contributed by atoms with Crippen LogP contribution in [0.3, 0.4) is 0 Å². The summed E-state index contributed by atoms with van der Waals surface area (Å²) in [6, 6.07) is 23.2. The minimum Gasteiger partial charge on any atom is -0.377 e. The van der Waals surface area contributed by atoms with Gasteiger partial charge in [0.2, 0.25) is 5.91 Å². The number of carbonyl (C=O) groups is 1. The van der Waals surface area contributed by atoms with Gasteiger partial charge in [0.25, 0.3) is 0 Å². The van der Waals surface area contributed by atoms with Crippen molar-refractivity contribution in [3.8, 4) is 5.69 Å². The Morgan fingerprint density at radius 2 is 1.64 bits per heavy atom. The van der Waals surface area contributed by atoms with Gasteiger partial charge < -0.3 is 10.6 Å². The van der Waals surface area contributed by atoms with Crippen LogP contribution in [0.25, 0.3) is 5.69 Å². The van der Waals surface area contributed by atoms with E-state index in [0.717, 1.165) is 17.2 Å². The number of nitrogens with one attached hydrogen (secondary N) is 2. The first-order valence-corrected chi connectivity index (χ1v) is 11.9. The monoisotopic (exact) mass is 477 g/mol. The number of carbonyl (C=O) groups excluding carboxylic acids is 1. The largest absolute Gasteiger partial charge is 0.377 e. The van der Waals surface area contributed by atoms with Gasteiger partial charge >= 0.3 is 0 Å². The molecule has 3 aromatic carbocycles. The van der Waals surface area contributed by atoms with Crippen LogP contribution in [0.2, 0.25) is 5.02 Å². The quantitative estimate of drug-likeness (QED) is 0.310. The third-order valence-corrected chi connectivity index (χ3v) is 6.26. The molecule has 0 aliphatic heterocycles. The number of thioether (sulfide) groups is 1. The summed E-state index contributed by atoms with van der Waals surface area (Å²) in [5.41, 5.74) is 5.09. The van der Waals surface area contributed by atoms with E-state index in [1.54, 1.807) is 24.3 Å². The number of amides is 1. The lowest BCUT2D eigenvalue weighted by molar-refractivity contribution is -0.113. The Morgan fingerprint density at radius 3 is 2.33 bits per heavy atom. The average Bonchev–Trinajstić information content (AvgIpc) is 3.22. The van der Waals surface area contributed by atoms with Crippen LogP contribution in [0, 0.1) is 13.8 Å². The van der Waals surface area contributed by atoms with Crippen molar-refractivity contribution in [2.24, 2.45) is 0 Å². The van der Waals surface area contributed by atoms with Crippen LogP contribution in [-0.2, 0) is 11.3 Å². The smallest absolute Gasteiger partial charge is 0.234 e. The van der Waals surface area contributed by atoms with Crippen molar-refractivity contribution in [3.05, 3.63) is 94.8 Å². The molecular formula is C25H24ClN5OS. The first kappa shape index (κ1) is 22.9. The lowest BCUT2D eigenvalue weighted by Crippen LogP contribution is -2.15. The highest BCUT2D eigenvalue weighted by Gasteiger charge is 2.16. The predicted molar refractivity (Wildman–Crippen MR) is 135 cm³/mol. The number of hydrogen-bond acceptors (Lipinski definition) is 5. The maximum absolute atomic E-state index is 12.5. The zero-order valence-corrected chi connectivity index (χ0v) is 20.0.